The molecule has 2 aliphatic rings. The Labute approximate surface area is 209 Å². The predicted molar refractivity (Wildman–Crippen MR) is 139 cm³/mol. The Morgan fingerprint density at radius 2 is 1.60 bits per heavy atom. The molecule has 35 heavy (non-hydrogen) atoms. The first-order valence-corrected chi connectivity index (χ1v) is 13.2. The molecule has 4 rings (SSSR count). The van der Waals surface area contributed by atoms with Crippen molar-refractivity contribution in [2.75, 3.05) is 6.54 Å². The maximum atomic E-state index is 13.5. The van der Waals surface area contributed by atoms with Gasteiger partial charge in [0.2, 0.25) is 11.8 Å². The van der Waals surface area contributed by atoms with E-state index in [1.807, 2.05) is 42.5 Å². The topological polar surface area (TPSA) is 101 Å². The van der Waals surface area contributed by atoms with Crippen molar-refractivity contribution in [3.63, 3.8) is 0 Å². The third-order valence-corrected chi connectivity index (χ3v) is 7.87. The summed E-state index contributed by atoms with van der Waals surface area (Å²) in [6, 6.07) is 17.0. The first kappa shape index (κ1) is 25.4. The number of rotatable bonds is 9. The molecule has 1 aliphatic heterocycles. The highest BCUT2D eigenvalue weighted by Gasteiger charge is 2.43. The minimum absolute atomic E-state index is 0.0742. The van der Waals surface area contributed by atoms with E-state index in [4.69, 9.17) is 11.5 Å². The molecule has 3 atom stereocenters. The lowest BCUT2D eigenvalue weighted by atomic mass is 9.79. The van der Waals surface area contributed by atoms with Crippen LogP contribution in [0.25, 0.3) is 0 Å². The monoisotopic (exact) mass is 476 g/mol. The highest BCUT2D eigenvalue weighted by Crippen LogP contribution is 2.38. The van der Waals surface area contributed by atoms with Crippen LogP contribution < -0.4 is 16.8 Å². The van der Waals surface area contributed by atoms with Gasteiger partial charge in [-0.25, -0.2) is 0 Å². The summed E-state index contributed by atoms with van der Waals surface area (Å²) in [5, 5.41) is 3.08. The SMILES string of the molecule is NCc1ccc(CNC(=O)[C@@H]2CC(C3CCCCC3)CN2C(=O)[C@H](N)CCc2ccccc2)cc1. The van der Waals surface area contributed by atoms with E-state index in [9.17, 15) is 9.59 Å². The average molecular weight is 477 g/mol. The highest BCUT2D eigenvalue weighted by atomic mass is 16.2. The van der Waals surface area contributed by atoms with Crippen molar-refractivity contribution in [3.8, 4) is 0 Å². The van der Waals surface area contributed by atoms with Crippen molar-refractivity contribution in [1.82, 2.24) is 10.2 Å². The molecular formula is C29H40N4O2. The van der Waals surface area contributed by atoms with Gasteiger partial charge in [0.05, 0.1) is 6.04 Å². The van der Waals surface area contributed by atoms with Crippen LogP contribution in [0, 0.1) is 11.8 Å². The minimum Gasteiger partial charge on any atom is -0.350 e. The Hall–Kier alpha value is -2.70. The van der Waals surface area contributed by atoms with Gasteiger partial charge in [-0.15, -0.1) is 0 Å². The van der Waals surface area contributed by atoms with Gasteiger partial charge in [-0.2, -0.15) is 0 Å². The molecule has 5 N–H and O–H groups in total. The van der Waals surface area contributed by atoms with Crippen molar-refractivity contribution >= 4 is 11.8 Å². The zero-order chi connectivity index (χ0) is 24.6. The molecule has 0 aromatic heterocycles. The quantitative estimate of drug-likeness (QED) is 0.515. The summed E-state index contributed by atoms with van der Waals surface area (Å²) in [5.74, 6) is 0.808. The molecule has 2 amide bonds. The van der Waals surface area contributed by atoms with Crippen LogP contribution in [0.3, 0.4) is 0 Å². The molecule has 6 heteroatoms. The number of nitrogens with zero attached hydrogens (tertiary/aromatic N) is 1. The van der Waals surface area contributed by atoms with Gasteiger partial charge in [-0.3, -0.25) is 9.59 Å². The first-order chi connectivity index (χ1) is 17.0. The van der Waals surface area contributed by atoms with Crippen molar-refractivity contribution in [2.45, 2.75) is 76.5 Å². The second-order valence-corrected chi connectivity index (χ2v) is 10.3. The largest absolute Gasteiger partial charge is 0.350 e. The Balaban J connectivity index is 1.41. The number of benzene rings is 2. The molecule has 2 aromatic carbocycles. The van der Waals surface area contributed by atoms with Gasteiger partial charge in [0.25, 0.3) is 0 Å². The van der Waals surface area contributed by atoms with E-state index >= 15 is 0 Å². The fourth-order valence-corrected chi connectivity index (χ4v) is 5.71. The van der Waals surface area contributed by atoms with Crippen LogP contribution in [0.15, 0.2) is 54.6 Å². The van der Waals surface area contributed by atoms with Crippen LogP contribution in [0.4, 0.5) is 0 Å². The molecule has 2 aromatic rings. The third-order valence-electron chi connectivity index (χ3n) is 7.87. The molecular weight excluding hydrogens is 436 g/mol. The molecule has 0 spiro atoms. The van der Waals surface area contributed by atoms with Crippen LogP contribution in [-0.2, 0) is 29.1 Å². The van der Waals surface area contributed by atoms with E-state index in [0.717, 1.165) is 24.0 Å². The summed E-state index contributed by atoms with van der Waals surface area (Å²) in [6.45, 7) is 1.58. The minimum atomic E-state index is -0.598. The van der Waals surface area contributed by atoms with Gasteiger partial charge in [0, 0.05) is 19.6 Å². The van der Waals surface area contributed by atoms with Gasteiger partial charge >= 0.3 is 0 Å². The van der Waals surface area contributed by atoms with Crippen molar-refractivity contribution in [2.24, 2.45) is 23.3 Å². The maximum absolute atomic E-state index is 13.5. The number of nitrogens with one attached hydrogen (secondary N) is 1. The molecule has 1 unspecified atom stereocenters. The molecule has 1 heterocycles. The van der Waals surface area contributed by atoms with Gasteiger partial charge in [-0.05, 0) is 47.8 Å². The Bertz CT molecular complexity index is 956. The number of carbonyl (C=O) groups excluding carboxylic acids is 2. The Morgan fingerprint density at radius 1 is 0.914 bits per heavy atom. The van der Waals surface area contributed by atoms with Crippen LogP contribution in [0.2, 0.25) is 0 Å². The first-order valence-electron chi connectivity index (χ1n) is 13.2. The van der Waals surface area contributed by atoms with Gasteiger partial charge in [0.1, 0.15) is 6.04 Å². The number of nitrogens with two attached hydrogens (primary N) is 2. The van der Waals surface area contributed by atoms with Crippen molar-refractivity contribution in [1.29, 1.82) is 0 Å². The predicted octanol–water partition coefficient (Wildman–Crippen LogP) is 3.52. The number of carbonyl (C=O) groups is 2. The standard InChI is InChI=1S/C29H40N4O2/c30-18-22-11-13-23(14-12-22)19-32-28(34)27-17-25(24-9-5-2-6-10-24)20-33(27)29(35)26(31)16-15-21-7-3-1-4-8-21/h1,3-4,7-8,11-14,24-27H,2,5-6,9-10,15-20,30-31H2,(H,32,34)/t25?,26-,27+/m1/s1. The van der Waals surface area contributed by atoms with E-state index in [0.29, 0.717) is 37.9 Å². The highest BCUT2D eigenvalue weighted by molar-refractivity contribution is 5.90. The lowest BCUT2D eigenvalue weighted by Crippen LogP contribution is -2.51. The summed E-state index contributed by atoms with van der Waals surface area (Å²) >= 11 is 0. The summed E-state index contributed by atoms with van der Waals surface area (Å²) in [6.07, 6.45) is 8.27. The summed E-state index contributed by atoms with van der Waals surface area (Å²) in [5.41, 5.74) is 15.3. The molecule has 0 radical (unpaired) electrons. The molecule has 1 saturated heterocycles. The Morgan fingerprint density at radius 3 is 2.29 bits per heavy atom. The van der Waals surface area contributed by atoms with Crippen molar-refractivity contribution < 1.29 is 9.59 Å². The molecule has 1 saturated carbocycles. The number of aryl methyl sites for hydroxylation is 1. The third kappa shape index (κ3) is 6.71. The molecule has 188 valence electrons. The van der Waals surface area contributed by atoms with Gasteiger partial charge in [0.15, 0.2) is 0 Å². The zero-order valence-electron chi connectivity index (χ0n) is 20.7. The number of hydrogen-bond donors (Lipinski definition) is 3. The van der Waals surface area contributed by atoms with Gasteiger partial charge in [-0.1, -0.05) is 86.7 Å². The summed E-state index contributed by atoms with van der Waals surface area (Å²) in [4.78, 5) is 28.6. The molecule has 1 aliphatic carbocycles. The second-order valence-electron chi connectivity index (χ2n) is 10.3. The van der Waals surface area contributed by atoms with Crippen LogP contribution in [0.5, 0.6) is 0 Å². The van der Waals surface area contributed by atoms with E-state index in [-0.39, 0.29) is 11.8 Å². The molecule has 6 nitrogen and oxygen atoms in total. The lowest BCUT2D eigenvalue weighted by Gasteiger charge is -2.28. The fraction of sp³-hybridized carbons (Fsp3) is 0.517. The maximum Gasteiger partial charge on any atom is 0.243 e. The number of amides is 2. The fourth-order valence-electron chi connectivity index (χ4n) is 5.71. The number of likely N-dealkylation sites (tertiary alicyclic amines) is 1. The average Bonchev–Trinajstić information content (AvgIpc) is 3.37. The molecule has 0 bridgehead atoms. The van der Waals surface area contributed by atoms with Crippen LogP contribution in [-0.4, -0.2) is 35.3 Å². The normalized spacial score (nSPS) is 21.6. The Kier molecular flexibility index (Phi) is 8.94. The van der Waals surface area contributed by atoms with Crippen LogP contribution in [0.1, 0.15) is 61.6 Å². The van der Waals surface area contributed by atoms with E-state index in [1.54, 1.807) is 4.90 Å². The zero-order valence-corrected chi connectivity index (χ0v) is 20.7. The van der Waals surface area contributed by atoms with E-state index < -0.39 is 12.1 Å². The van der Waals surface area contributed by atoms with E-state index in [1.165, 1.54) is 37.7 Å². The summed E-state index contributed by atoms with van der Waals surface area (Å²) in [7, 11) is 0. The smallest absolute Gasteiger partial charge is 0.243 e. The van der Waals surface area contributed by atoms with Gasteiger partial charge < -0.3 is 21.7 Å². The summed E-state index contributed by atoms with van der Waals surface area (Å²) < 4.78 is 0. The van der Waals surface area contributed by atoms with E-state index in [2.05, 4.69) is 17.4 Å². The van der Waals surface area contributed by atoms with Crippen LogP contribution >= 0.6 is 0 Å². The lowest BCUT2D eigenvalue weighted by molar-refractivity contribution is -0.139. The number of hydrogen-bond acceptors (Lipinski definition) is 4. The van der Waals surface area contributed by atoms with Crippen molar-refractivity contribution in [3.05, 3.63) is 71.3 Å². The second kappa shape index (κ2) is 12.3. The molecule has 2 fully saturated rings.